The van der Waals surface area contributed by atoms with Crippen molar-refractivity contribution in [2.45, 2.75) is 32.4 Å². The molecule has 0 radical (unpaired) electrons. The van der Waals surface area contributed by atoms with Gasteiger partial charge in [0, 0.05) is 24.9 Å². The number of rotatable bonds is 5. The summed E-state index contributed by atoms with van der Waals surface area (Å²) < 4.78 is 0. The van der Waals surface area contributed by atoms with Gasteiger partial charge < -0.3 is 26.2 Å². The van der Waals surface area contributed by atoms with Gasteiger partial charge in [0.15, 0.2) is 0 Å². The van der Waals surface area contributed by atoms with Crippen molar-refractivity contribution in [1.82, 2.24) is 10.2 Å². The number of carbonyl (C=O) groups is 3. The molecule has 5 N–H and O–H groups in total. The zero-order chi connectivity index (χ0) is 18.5. The second-order valence-electron chi connectivity index (χ2n) is 6.87. The number of amidine groups is 1. The molecule has 0 aromatic carbocycles. The number of fused-ring (bicyclic) bond motifs is 1. The third-order valence-corrected chi connectivity index (χ3v) is 5.26. The van der Waals surface area contributed by atoms with E-state index < -0.39 is 23.9 Å². The van der Waals surface area contributed by atoms with Crippen molar-refractivity contribution in [2.24, 2.45) is 28.5 Å². The molecule has 25 heavy (non-hydrogen) atoms. The van der Waals surface area contributed by atoms with E-state index in [1.807, 2.05) is 6.92 Å². The molecule has 3 rings (SSSR count). The second-order valence-corrected chi connectivity index (χ2v) is 6.87. The summed E-state index contributed by atoms with van der Waals surface area (Å²) in [7, 11) is 0. The van der Waals surface area contributed by atoms with Gasteiger partial charge in [0.25, 0.3) is 0 Å². The van der Waals surface area contributed by atoms with E-state index in [2.05, 4.69) is 10.3 Å². The van der Waals surface area contributed by atoms with Gasteiger partial charge in [-0.1, -0.05) is 6.92 Å². The molecular formula is C16H22N4O5. The lowest BCUT2D eigenvalue weighted by Crippen LogP contribution is -2.63. The number of nitrogens with one attached hydrogen (secondary N) is 1. The number of amides is 2. The van der Waals surface area contributed by atoms with Crippen LogP contribution in [0, 0.1) is 17.8 Å². The molecule has 0 bridgehead atoms. The van der Waals surface area contributed by atoms with Crippen LogP contribution in [0.15, 0.2) is 16.3 Å². The highest BCUT2D eigenvalue weighted by Crippen LogP contribution is 2.49. The van der Waals surface area contributed by atoms with Gasteiger partial charge >= 0.3 is 5.97 Å². The van der Waals surface area contributed by atoms with E-state index in [0.29, 0.717) is 24.5 Å². The Morgan fingerprint density at radius 2 is 2.16 bits per heavy atom. The van der Waals surface area contributed by atoms with E-state index >= 15 is 0 Å². The Hall–Kier alpha value is -2.42. The van der Waals surface area contributed by atoms with Crippen LogP contribution in [0.1, 0.15) is 20.3 Å². The molecular weight excluding hydrogens is 328 g/mol. The molecule has 0 aliphatic carbocycles. The van der Waals surface area contributed by atoms with Crippen molar-refractivity contribution >= 4 is 23.6 Å². The summed E-state index contributed by atoms with van der Waals surface area (Å²) in [6.45, 7) is 4.19. The maximum atomic E-state index is 12.3. The number of hydrogen-bond donors (Lipinski definition) is 4. The highest BCUT2D eigenvalue weighted by atomic mass is 16.4. The Balaban J connectivity index is 1.88. The van der Waals surface area contributed by atoms with Gasteiger partial charge in [-0.15, -0.1) is 0 Å². The number of aliphatic hydroxyl groups is 1. The van der Waals surface area contributed by atoms with Gasteiger partial charge in [-0.25, -0.2) is 4.79 Å². The number of nitrogens with two attached hydrogens (primary N) is 1. The summed E-state index contributed by atoms with van der Waals surface area (Å²) in [4.78, 5) is 40.7. The quantitative estimate of drug-likeness (QED) is 0.452. The van der Waals surface area contributed by atoms with Crippen LogP contribution in [-0.2, 0) is 14.4 Å². The first kappa shape index (κ1) is 17.4. The van der Waals surface area contributed by atoms with Gasteiger partial charge in [-0.2, -0.15) is 0 Å². The molecule has 0 aromatic heterocycles. The van der Waals surface area contributed by atoms with E-state index in [0.717, 1.165) is 0 Å². The second kappa shape index (κ2) is 6.14. The van der Waals surface area contributed by atoms with Crippen LogP contribution in [-0.4, -0.2) is 64.0 Å². The minimum absolute atomic E-state index is 0.0137. The monoisotopic (exact) mass is 350 g/mol. The van der Waals surface area contributed by atoms with E-state index in [4.69, 9.17) is 5.73 Å². The molecule has 3 heterocycles. The molecule has 0 aromatic rings. The zero-order valence-electron chi connectivity index (χ0n) is 14.1. The summed E-state index contributed by atoms with van der Waals surface area (Å²) in [6.07, 6.45) is -0.806. The molecule has 5 atom stereocenters. The lowest BCUT2D eigenvalue weighted by Gasteiger charge is -2.46. The fourth-order valence-electron chi connectivity index (χ4n) is 4.22. The zero-order valence-corrected chi connectivity index (χ0v) is 14.1. The van der Waals surface area contributed by atoms with Crippen LogP contribution < -0.4 is 11.1 Å². The smallest absolute Gasteiger partial charge is 0.352 e. The van der Waals surface area contributed by atoms with Crippen molar-refractivity contribution in [1.29, 1.82) is 0 Å². The SMILES string of the molecule is CC1C(C2CN=C(CC(N)=O)NC2)=C(C(=O)O)N2C(=O)[C@H]([C@@H](C)O)[C@@H]12. The van der Waals surface area contributed by atoms with Crippen molar-refractivity contribution in [3.05, 3.63) is 11.3 Å². The van der Waals surface area contributed by atoms with Crippen LogP contribution in [0.4, 0.5) is 0 Å². The Kier molecular flexibility index (Phi) is 4.28. The van der Waals surface area contributed by atoms with Gasteiger partial charge in [0.1, 0.15) is 11.5 Å². The van der Waals surface area contributed by atoms with Crippen LogP contribution in [0.5, 0.6) is 0 Å². The van der Waals surface area contributed by atoms with Crippen molar-refractivity contribution < 1.29 is 24.6 Å². The minimum Gasteiger partial charge on any atom is -0.477 e. The van der Waals surface area contributed by atoms with Gasteiger partial charge in [-0.05, 0) is 12.5 Å². The topological polar surface area (TPSA) is 145 Å². The molecule has 3 aliphatic heterocycles. The molecule has 9 heteroatoms. The van der Waals surface area contributed by atoms with E-state index in [9.17, 15) is 24.6 Å². The largest absolute Gasteiger partial charge is 0.477 e. The predicted molar refractivity (Wildman–Crippen MR) is 87.2 cm³/mol. The van der Waals surface area contributed by atoms with Gasteiger partial charge in [0.05, 0.1) is 24.5 Å². The molecule has 2 unspecified atom stereocenters. The van der Waals surface area contributed by atoms with E-state index in [1.54, 1.807) is 6.92 Å². The number of nitrogens with zero attached hydrogens (tertiary/aromatic N) is 2. The lowest BCUT2D eigenvalue weighted by molar-refractivity contribution is -0.163. The normalized spacial score (nSPS) is 32.5. The van der Waals surface area contributed by atoms with Crippen molar-refractivity contribution in [3.63, 3.8) is 0 Å². The van der Waals surface area contributed by atoms with Crippen molar-refractivity contribution in [3.8, 4) is 0 Å². The average Bonchev–Trinajstić information content (AvgIpc) is 2.77. The number of carboxylic acids is 1. The van der Waals surface area contributed by atoms with E-state index in [1.165, 1.54) is 4.90 Å². The van der Waals surface area contributed by atoms with Crippen LogP contribution in [0.2, 0.25) is 0 Å². The highest BCUT2D eigenvalue weighted by Gasteiger charge is 2.60. The number of aliphatic carboxylic acids is 1. The highest BCUT2D eigenvalue weighted by molar-refractivity contribution is 6.01. The standard InChI is InChI=1S/C16H22N4O5/c1-6-11(8-4-18-10(19-5-8)3-9(17)22)14(16(24)25)20-13(6)12(7(2)21)15(20)23/h6-8,12-13,21H,3-5H2,1-2H3,(H2,17,22)(H,18,19)(H,24,25)/t6?,7-,12-,13-/m1/s1. The average molecular weight is 350 g/mol. The molecule has 3 aliphatic rings. The summed E-state index contributed by atoms with van der Waals surface area (Å²) in [5.74, 6) is -2.43. The van der Waals surface area contributed by atoms with Crippen LogP contribution >= 0.6 is 0 Å². The maximum absolute atomic E-state index is 12.3. The van der Waals surface area contributed by atoms with E-state index in [-0.39, 0.29) is 35.9 Å². The third kappa shape index (κ3) is 2.68. The number of carbonyl (C=O) groups excluding carboxylic acids is 2. The van der Waals surface area contributed by atoms with Gasteiger partial charge in [0.2, 0.25) is 11.8 Å². The predicted octanol–water partition coefficient (Wildman–Crippen LogP) is -1.32. The number of hydrogen-bond acceptors (Lipinski definition) is 6. The summed E-state index contributed by atoms with van der Waals surface area (Å²) in [5.41, 5.74) is 5.84. The first-order chi connectivity index (χ1) is 11.7. The Bertz CT molecular complexity index is 699. The Labute approximate surface area is 144 Å². The molecule has 1 saturated heterocycles. The summed E-state index contributed by atoms with van der Waals surface area (Å²) in [6, 6.07) is -0.329. The number of β-lactam (4-membered cyclic amide) rings is 1. The molecule has 1 fully saturated rings. The van der Waals surface area contributed by atoms with Crippen LogP contribution in [0.25, 0.3) is 0 Å². The molecule has 0 saturated carbocycles. The number of carboxylic acid groups (broad SMARTS) is 1. The number of aliphatic imine (C=N–C) groups is 1. The first-order valence-corrected chi connectivity index (χ1v) is 8.28. The third-order valence-electron chi connectivity index (χ3n) is 5.26. The minimum atomic E-state index is -1.14. The summed E-state index contributed by atoms with van der Waals surface area (Å²) >= 11 is 0. The van der Waals surface area contributed by atoms with Gasteiger partial charge in [-0.3, -0.25) is 14.6 Å². The maximum Gasteiger partial charge on any atom is 0.352 e. The summed E-state index contributed by atoms with van der Waals surface area (Å²) in [5, 5.41) is 22.5. The fraction of sp³-hybridized carbons (Fsp3) is 0.625. The number of primary amides is 1. The fourth-order valence-corrected chi connectivity index (χ4v) is 4.22. The van der Waals surface area contributed by atoms with Crippen molar-refractivity contribution in [2.75, 3.05) is 13.1 Å². The first-order valence-electron chi connectivity index (χ1n) is 8.28. The molecule has 0 spiro atoms. The Morgan fingerprint density at radius 3 is 2.64 bits per heavy atom. The number of aliphatic hydroxyl groups excluding tert-OH is 1. The molecule has 9 nitrogen and oxygen atoms in total. The molecule has 2 amide bonds. The Morgan fingerprint density at radius 1 is 1.48 bits per heavy atom. The lowest BCUT2D eigenvalue weighted by atomic mass is 9.75. The molecule has 136 valence electrons. The van der Waals surface area contributed by atoms with Crippen LogP contribution in [0.3, 0.4) is 0 Å².